The minimum atomic E-state index is -3.27. The van der Waals surface area contributed by atoms with E-state index in [1.54, 1.807) is 21.0 Å². The SMILES string of the molecule is O=S(=O)(N1CCCCC1)N1CCCN(Cc2ccncc2)CC1. The van der Waals surface area contributed by atoms with Crippen LogP contribution in [0.1, 0.15) is 31.2 Å². The van der Waals surface area contributed by atoms with Crippen molar-refractivity contribution in [1.29, 1.82) is 0 Å². The van der Waals surface area contributed by atoms with Gasteiger partial charge in [-0.1, -0.05) is 6.42 Å². The lowest BCUT2D eigenvalue weighted by Crippen LogP contribution is -2.47. The average Bonchev–Trinajstić information content (AvgIpc) is 2.83. The second-order valence-corrected chi connectivity index (χ2v) is 8.28. The van der Waals surface area contributed by atoms with Crippen LogP contribution in [0.4, 0.5) is 0 Å². The van der Waals surface area contributed by atoms with Gasteiger partial charge in [0.25, 0.3) is 10.2 Å². The van der Waals surface area contributed by atoms with Crippen molar-refractivity contribution in [3.8, 4) is 0 Å². The van der Waals surface area contributed by atoms with Gasteiger partial charge in [0.2, 0.25) is 0 Å². The van der Waals surface area contributed by atoms with Crippen LogP contribution in [0.25, 0.3) is 0 Å². The van der Waals surface area contributed by atoms with E-state index < -0.39 is 10.2 Å². The molecule has 0 spiro atoms. The Bertz CT molecular complexity index is 587. The summed E-state index contributed by atoms with van der Waals surface area (Å²) in [5, 5.41) is 0. The van der Waals surface area contributed by atoms with Gasteiger partial charge in [0.15, 0.2) is 0 Å². The third-order valence-corrected chi connectivity index (χ3v) is 6.71. The Morgan fingerprint density at radius 2 is 1.48 bits per heavy atom. The van der Waals surface area contributed by atoms with Crippen molar-refractivity contribution in [2.75, 3.05) is 39.3 Å². The summed E-state index contributed by atoms with van der Waals surface area (Å²) in [6, 6.07) is 4.04. The van der Waals surface area contributed by atoms with Gasteiger partial charge in [0.05, 0.1) is 0 Å². The molecule has 3 rings (SSSR count). The highest BCUT2D eigenvalue weighted by Crippen LogP contribution is 2.18. The molecule has 7 heteroatoms. The van der Waals surface area contributed by atoms with Crippen LogP contribution in [0.5, 0.6) is 0 Å². The van der Waals surface area contributed by atoms with Gasteiger partial charge in [-0.3, -0.25) is 9.88 Å². The maximum Gasteiger partial charge on any atom is 0.282 e. The largest absolute Gasteiger partial charge is 0.298 e. The number of rotatable bonds is 4. The van der Waals surface area contributed by atoms with Crippen molar-refractivity contribution in [2.45, 2.75) is 32.2 Å². The monoisotopic (exact) mass is 338 g/mol. The molecule has 2 aliphatic heterocycles. The molecule has 2 fully saturated rings. The van der Waals surface area contributed by atoms with E-state index >= 15 is 0 Å². The molecule has 0 bridgehead atoms. The first-order chi connectivity index (χ1) is 11.2. The topological polar surface area (TPSA) is 56.8 Å². The highest BCUT2D eigenvalue weighted by Gasteiger charge is 2.31. The lowest BCUT2D eigenvalue weighted by molar-refractivity contribution is 0.272. The molecule has 2 aliphatic rings. The van der Waals surface area contributed by atoms with Crippen LogP contribution in [0.3, 0.4) is 0 Å². The molecule has 23 heavy (non-hydrogen) atoms. The van der Waals surface area contributed by atoms with Crippen LogP contribution in [-0.4, -0.2) is 66.2 Å². The fourth-order valence-corrected chi connectivity index (χ4v) is 5.06. The van der Waals surface area contributed by atoms with Crippen LogP contribution in [0, 0.1) is 0 Å². The zero-order valence-electron chi connectivity index (χ0n) is 13.6. The van der Waals surface area contributed by atoms with Gasteiger partial charge in [-0.15, -0.1) is 0 Å². The first kappa shape index (κ1) is 16.8. The summed E-state index contributed by atoms with van der Waals surface area (Å²) in [7, 11) is -3.27. The van der Waals surface area contributed by atoms with Crippen molar-refractivity contribution in [3.05, 3.63) is 30.1 Å². The predicted octanol–water partition coefficient (Wildman–Crippen LogP) is 1.32. The van der Waals surface area contributed by atoms with Crippen LogP contribution < -0.4 is 0 Å². The van der Waals surface area contributed by atoms with Crippen LogP contribution >= 0.6 is 0 Å². The average molecular weight is 338 g/mol. The smallest absolute Gasteiger partial charge is 0.282 e. The molecule has 0 saturated carbocycles. The molecule has 0 N–H and O–H groups in total. The molecule has 1 aromatic heterocycles. The number of hydrogen-bond donors (Lipinski definition) is 0. The zero-order valence-corrected chi connectivity index (χ0v) is 14.4. The van der Waals surface area contributed by atoms with Gasteiger partial charge in [0, 0.05) is 51.7 Å². The zero-order chi connectivity index (χ0) is 16.1. The first-order valence-electron chi connectivity index (χ1n) is 8.53. The molecule has 2 saturated heterocycles. The molecular formula is C16H26N4O2S. The summed E-state index contributed by atoms with van der Waals surface area (Å²) in [6.45, 7) is 5.17. The Morgan fingerprint density at radius 1 is 0.826 bits per heavy atom. The number of nitrogens with zero attached hydrogens (tertiary/aromatic N) is 4. The van der Waals surface area contributed by atoms with E-state index in [1.165, 1.54) is 5.56 Å². The molecule has 128 valence electrons. The number of piperidine rings is 1. The van der Waals surface area contributed by atoms with Crippen LogP contribution in [0.15, 0.2) is 24.5 Å². The minimum absolute atomic E-state index is 0.587. The lowest BCUT2D eigenvalue weighted by Gasteiger charge is -2.31. The molecule has 0 aromatic carbocycles. The lowest BCUT2D eigenvalue weighted by atomic mass is 10.2. The molecule has 6 nitrogen and oxygen atoms in total. The fraction of sp³-hybridized carbons (Fsp3) is 0.688. The van der Waals surface area contributed by atoms with E-state index in [0.717, 1.165) is 45.3 Å². The molecule has 0 unspecified atom stereocenters. The summed E-state index contributed by atoms with van der Waals surface area (Å²) in [6.07, 6.45) is 7.62. The van der Waals surface area contributed by atoms with Crippen LogP contribution in [0.2, 0.25) is 0 Å². The van der Waals surface area contributed by atoms with Crippen molar-refractivity contribution in [1.82, 2.24) is 18.5 Å². The molecule has 0 amide bonds. The standard InChI is InChI=1S/C16H26N4O2S/c21-23(22,19-10-2-1-3-11-19)20-12-4-9-18(13-14-20)15-16-5-7-17-8-6-16/h5-8H,1-4,9-15H2. The van der Waals surface area contributed by atoms with Gasteiger partial charge in [-0.05, 0) is 43.5 Å². The third kappa shape index (κ3) is 4.29. The predicted molar refractivity (Wildman–Crippen MR) is 90.0 cm³/mol. The van der Waals surface area contributed by atoms with E-state index in [1.807, 2.05) is 12.1 Å². The van der Waals surface area contributed by atoms with Gasteiger partial charge in [-0.2, -0.15) is 17.0 Å². The van der Waals surface area contributed by atoms with Crippen molar-refractivity contribution >= 4 is 10.2 Å². The Labute approximate surface area is 139 Å². The van der Waals surface area contributed by atoms with Gasteiger partial charge >= 0.3 is 0 Å². The number of hydrogen-bond acceptors (Lipinski definition) is 4. The maximum atomic E-state index is 12.8. The molecule has 3 heterocycles. The summed E-state index contributed by atoms with van der Waals surface area (Å²) in [4.78, 5) is 6.38. The molecule has 0 aliphatic carbocycles. The van der Waals surface area contributed by atoms with E-state index in [2.05, 4.69) is 9.88 Å². The minimum Gasteiger partial charge on any atom is -0.298 e. The van der Waals surface area contributed by atoms with Gasteiger partial charge < -0.3 is 0 Å². The number of aromatic nitrogens is 1. The molecule has 1 aromatic rings. The normalized spacial score (nSPS) is 22.8. The Kier molecular flexibility index (Phi) is 5.63. The highest BCUT2D eigenvalue weighted by molar-refractivity contribution is 7.86. The molecular weight excluding hydrogens is 312 g/mol. The van der Waals surface area contributed by atoms with E-state index in [4.69, 9.17) is 0 Å². The van der Waals surface area contributed by atoms with Crippen molar-refractivity contribution < 1.29 is 8.42 Å². The summed E-state index contributed by atoms with van der Waals surface area (Å²) >= 11 is 0. The highest BCUT2D eigenvalue weighted by atomic mass is 32.2. The Balaban J connectivity index is 1.59. The Morgan fingerprint density at radius 3 is 2.22 bits per heavy atom. The maximum absolute atomic E-state index is 12.8. The van der Waals surface area contributed by atoms with Crippen molar-refractivity contribution in [2.24, 2.45) is 0 Å². The van der Waals surface area contributed by atoms with Gasteiger partial charge in [0.1, 0.15) is 0 Å². The second kappa shape index (κ2) is 7.70. The van der Waals surface area contributed by atoms with Gasteiger partial charge in [-0.25, -0.2) is 0 Å². The van der Waals surface area contributed by atoms with E-state index in [0.29, 0.717) is 26.2 Å². The quantitative estimate of drug-likeness (QED) is 0.831. The molecule has 0 radical (unpaired) electrons. The number of pyridine rings is 1. The van der Waals surface area contributed by atoms with E-state index in [-0.39, 0.29) is 0 Å². The van der Waals surface area contributed by atoms with Crippen molar-refractivity contribution in [3.63, 3.8) is 0 Å². The molecule has 0 atom stereocenters. The van der Waals surface area contributed by atoms with Crippen LogP contribution in [-0.2, 0) is 16.8 Å². The Hall–Kier alpha value is -1.02. The summed E-state index contributed by atoms with van der Waals surface area (Å²) in [5.41, 5.74) is 1.23. The third-order valence-electron chi connectivity index (χ3n) is 4.67. The summed E-state index contributed by atoms with van der Waals surface area (Å²) in [5.74, 6) is 0. The second-order valence-electron chi connectivity index (χ2n) is 6.35. The fourth-order valence-electron chi connectivity index (χ4n) is 3.34. The van der Waals surface area contributed by atoms with E-state index in [9.17, 15) is 8.42 Å². The summed E-state index contributed by atoms with van der Waals surface area (Å²) < 4.78 is 28.9. The first-order valence-corrected chi connectivity index (χ1v) is 9.92.